The van der Waals surface area contributed by atoms with Gasteiger partial charge in [0.2, 0.25) is 5.91 Å². The molecule has 0 unspecified atom stereocenters. The average molecular weight is 404 g/mol. The SMILES string of the molecule is C=CCn1c(SCC(=O)N2CCCC[C@@H]2C)nc2sc3c(c2c1=O)CCC3. The Kier molecular flexibility index (Phi) is 5.41. The number of thiophene rings is 1. The zero-order chi connectivity index (χ0) is 19.0. The number of aryl methyl sites for hydroxylation is 2. The van der Waals surface area contributed by atoms with E-state index in [2.05, 4.69) is 13.5 Å². The Hall–Kier alpha value is -1.60. The molecule has 5 nitrogen and oxygen atoms in total. The molecule has 7 heteroatoms. The number of fused-ring (bicyclic) bond motifs is 3. The summed E-state index contributed by atoms with van der Waals surface area (Å²) in [6, 6.07) is 0.304. The summed E-state index contributed by atoms with van der Waals surface area (Å²) in [4.78, 5) is 34.7. The molecule has 1 fully saturated rings. The van der Waals surface area contributed by atoms with Crippen LogP contribution in [-0.2, 0) is 24.2 Å². The Morgan fingerprint density at radius 3 is 3.00 bits per heavy atom. The topological polar surface area (TPSA) is 55.2 Å². The zero-order valence-electron chi connectivity index (χ0n) is 15.7. The molecule has 1 aliphatic carbocycles. The minimum atomic E-state index is 0.0144. The average Bonchev–Trinajstić information content (AvgIpc) is 3.23. The van der Waals surface area contributed by atoms with Gasteiger partial charge < -0.3 is 4.90 Å². The monoisotopic (exact) mass is 403 g/mol. The Morgan fingerprint density at radius 2 is 2.22 bits per heavy atom. The second-order valence-electron chi connectivity index (χ2n) is 7.36. The van der Waals surface area contributed by atoms with Gasteiger partial charge >= 0.3 is 0 Å². The highest BCUT2D eigenvalue weighted by Gasteiger charge is 2.25. The molecule has 0 N–H and O–H groups in total. The molecule has 2 aromatic rings. The first-order valence-electron chi connectivity index (χ1n) is 9.68. The van der Waals surface area contributed by atoms with Crippen molar-refractivity contribution in [1.29, 1.82) is 0 Å². The third kappa shape index (κ3) is 3.47. The highest BCUT2D eigenvalue weighted by Crippen LogP contribution is 2.35. The van der Waals surface area contributed by atoms with Crippen molar-refractivity contribution in [3.8, 4) is 0 Å². The van der Waals surface area contributed by atoms with Crippen LogP contribution in [0.15, 0.2) is 22.6 Å². The standard InChI is InChI=1S/C20H25N3O2S2/c1-3-10-23-19(25)17-14-8-6-9-15(14)27-18(17)21-20(23)26-12-16(24)22-11-5-4-7-13(22)2/h3,13H,1,4-12H2,2H3/t13-/m0/s1. The second kappa shape index (κ2) is 7.80. The normalized spacial score (nSPS) is 19.4. The van der Waals surface area contributed by atoms with Crippen LogP contribution >= 0.6 is 23.1 Å². The van der Waals surface area contributed by atoms with E-state index in [0.717, 1.165) is 48.9 Å². The first-order chi connectivity index (χ1) is 13.1. The number of carbonyl (C=O) groups excluding carboxylic acids is 1. The van der Waals surface area contributed by atoms with Crippen molar-refractivity contribution in [2.75, 3.05) is 12.3 Å². The molecule has 2 aromatic heterocycles. The first kappa shape index (κ1) is 18.7. The lowest BCUT2D eigenvalue weighted by molar-refractivity contribution is -0.131. The van der Waals surface area contributed by atoms with Gasteiger partial charge in [-0.2, -0.15) is 0 Å². The number of hydrogen-bond acceptors (Lipinski definition) is 5. The van der Waals surface area contributed by atoms with Crippen LogP contribution in [0.5, 0.6) is 0 Å². The molecule has 1 amide bonds. The maximum atomic E-state index is 13.1. The number of rotatable bonds is 5. The molecular formula is C20H25N3O2S2. The molecule has 0 radical (unpaired) electrons. The Balaban J connectivity index is 1.62. The van der Waals surface area contributed by atoms with Crippen molar-refractivity contribution in [2.45, 2.75) is 63.2 Å². The fourth-order valence-corrected chi connectivity index (χ4v) is 6.33. The van der Waals surface area contributed by atoms with Crippen molar-refractivity contribution < 1.29 is 4.79 Å². The van der Waals surface area contributed by atoms with Crippen LogP contribution in [0.2, 0.25) is 0 Å². The van der Waals surface area contributed by atoms with Gasteiger partial charge in [-0.05, 0) is 51.0 Å². The van der Waals surface area contributed by atoms with Crippen molar-refractivity contribution >= 4 is 39.2 Å². The molecule has 3 heterocycles. The summed E-state index contributed by atoms with van der Waals surface area (Å²) in [5.41, 5.74) is 1.21. The van der Waals surface area contributed by atoms with Crippen LogP contribution in [0.25, 0.3) is 10.2 Å². The molecule has 2 aliphatic rings. The van der Waals surface area contributed by atoms with Gasteiger partial charge in [-0.3, -0.25) is 14.2 Å². The fourth-order valence-electron chi connectivity index (χ4n) is 4.14. The van der Waals surface area contributed by atoms with Gasteiger partial charge in [0.25, 0.3) is 5.56 Å². The summed E-state index contributed by atoms with van der Waals surface area (Å²) in [7, 11) is 0. The van der Waals surface area contributed by atoms with Crippen LogP contribution in [0.3, 0.4) is 0 Å². The lowest BCUT2D eigenvalue weighted by atomic mass is 10.0. The van der Waals surface area contributed by atoms with Gasteiger partial charge in [0.05, 0.1) is 11.1 Å². The summed E-state index contributed by atoms with van der Waals surface area (Å²) in [6.45, 7) is 7.16. The Bertz CT molecular complexity index is 947. The molecule has 1 saturated heterocycles. The largest absolute Gasteiger partial charge is 0.339 e. The quantitative estimate of drug-likeness (QED) is 0.435. The number of piperidine rings is 1. The number of carbonyl (C=O) groups is 1. The molecule has 0 aromatic carbocycles. The van der Waals surface area contributed by atoms with E-state index in [-0.39, 0.29) is 11.5 Å². The molecule has 144 valence electrons. The third-order valence-electron chi connectivity index (χ3n) is 5.55. The summed E-state index contributed by atoms with van der Waals surface area (Å²) < 4.78 is 1.68. The van der Waals surface area contributed by atoms with Gasteiger partial charge in [0, 0.05) is 24.0 Å². The van der Waals surface area contributed by atoms with Gasteiger partial charge in [-0.25, -0.2) is 4.98 Å². The third-order valence-corrected chi connectivity index (χ3v) is 7.70. The smallest absolute Gasteiger partial charge is 0.263 e. The van der Waals surface area contributed by atoms with E-state index < -0.39 is 0 Å². The van der Waals surface area contributed by atoms with Crippen LogP contribution in [0, 0.1) is 0 Å². The molecule has 0 saturated carbocycles. The maximum Gasteiger partial charge on any atom is 0.263 e. The number of allylic oxidation sites excluding steroid dienone is 1. The van der Waals surface area contributed by atoms with Crippen molar-refractivity contribution in [2.24, 2.45) is 0 Å². The number of amides is 1. The van der Waals surface area contributed by atoms with Crippen LogP contribution in [-0.4, -0.2) is 38.7 Å². The predicted octanol–water partition coefficient (Wildman–Crippen LogP) is 3.63. The van der Waals surface area contributed by atoms with Crippen LogP contribution in [0.4, 0.5) is 0 Å². The van der Waals surface area contributed by atoms with Gasteiger partial charge in [-0.1, -0.05) is 17.8 Å². The summed E-state index contributed by atoms with van der Waals surface area (Å²) >= 11 is 3.03. The van der Waals surface area contributed by atoms with E-state index in [1.807, 2.05) is 4.90 Å². The van der Waals surface area contributed by atoms with E-state index in [1.165, 1.54) is 28.6 Å². The van der Waals surface area contributed by atoms with Gasteiger partial charge in [-0.15, -0.1) is 17.9 Å². The highest BCUT2D eigenvalue weighted by atomic mass is 32.2. The minimum absolute atomic E-state index is 0.0144. The number of likely N-dealkylation sites (tertiary alicyclic amines) is 1. The van der Waals surface area contributed by atoms with Crippen molar-refractivity contribution in [1.82, 2.24) is 14.5 Å². The summed E-state index contributed by atoms with van der Waals surface area (Å²) in [5, 5.41) is 1.42. The minimum Gasteiger partial charge on any atom is -0.339 e. The molecule has 4 rings (SSSR count). The molecule has 1 aliphatic heterocycles. The number of aromatic nitrogens is 2. The molecular weight excluding hydrogens is 378 g/mol. The number of hydrogen-bond donors (Lipinski definition) is 0. The summed E-state index contributed by atoms with van der Waals surface area (Å²) in [5.74, 6) is 0.463. The Labute approximate surface area is 167 Å². The lowest BCUT2D eigenvalue weighted by Crippen LogP contribution is -2.43. The Morgan fingerprint density at radius 1 is 1.37 bits per heavy atom. The van der Waals surface area contributed by atoms with Crippen LogP contribution < -0.4 is 5.56 Å². The van der Waals surface area contributed by atoms with Crippen molar-refractivity contribution in [3.05, 3.63) is 33.4 Å². The van der Waals surface area contributed by atoms with Crippen molar-refractivity contribution in [3.63, 3.8) is 0 Å². The number of thioether (sulfide) groups is 1. The lowest BCUT2D eigenvalue weighted by Gasteiger charge is -2.33. The molecule has 1 atom stereocenters. The van der Waals surface area contributed by atoms with E-state index in [0.29, 0.717) is 23.5 Å². The van der Waals surface area contributed by atoms with Gasteiger partial charge in [0.1, 0.15) is 4.83 Å². The van der Waals surface area contributed by atoms with Crippen LogP contribution in [0.1, 0.15) is 43.0 Å². The molecule has 0 spiro atoms. The molecule has 0 bridgehead atoms. The maximum absolute atomic E-state index is 13.1. The van der Waals surface area contributed by atoms with E-state index in [4.69, 9.17) is 4.98 Å². The summed E-state index contributed by atoms with van der Waals surface area (Å²) in [6.07, 6.45) is 8.20. The number of nitrogens with zero attached hydrogens (tertiary/aromatic N) is 3. The van der Waals surface area contributed by atoms with E-state index in [9.17, 15) is 9.59 Å². The van der Waals surface area contributed by atoms with E-state index >= 15 is 0 Å². The highest BCUT2D eigenvalue weighted by molar-refractivity contribution is 7.99. The first-order valence-corrected chi connectivity index (χ1v) is 11.5. The predicted molar refractivity (Wildman–Crippen MR) is 112 cm³/mol. The van der Waals surface area contributed by atoms with Gasteiger partial charge in [0.15, 0.2) is 5.16 Å². The van der Waals surface area contributed by atoms with E-state index in [1.54, 1.807) is 22.0 Å². The zero-order valence-corrected chi connectivity index (χ0v) is 17.3. The molecule has 27 heavy (non-hydrogen) atoms. The second-order valence-corrected chi connectivity index (χ2v) is 9.38. The fraction of sp³-hybridized carbons (Fsp3) is 0.550.